The largest absolute Gasteiger partial charge is 0.267 e. The van der Waals surface area contributed by atoms with Gasteiger partial charge in [-0.2, -0.15) is 5.10 Å². The number of rotatable bonds is 0. The van der Waals surface area contributed by atoms with E-state index in [-0.39, 0.29) is 0 Å². The van der Waals surface area contributed by atoms with E-state index in [1.807, 2.05) is 17.8 Å². The van der Waals surface area contributed by atoms with Crippen LogP contribution in [0.1, 0.15) is 0 Å². The molecule has 56 valence electrons. The molecule has 0 spiro atoms. The van der Waals surface area contributed by atoms with Gasteiger partial charge in [0.15, 0.2) is 0 Å². The molecule has 3 nitrogen and oxygen atoms in total. The Morgan fingerprint density at radius 3 is 3.09 bits per heavy atom. The van der Waals surface area contributed by atoms with Crippen molar-refractivity contribution in [1.29, 1.82) is 0 Å². The van der Waals surface area contributed by atoms with E-state index >= 15 is 0 Å². The molecule has 0 saturated heterocycles. The lowest BCUT2D eigenvalue weighted by molar-refractivity contribution is 0.788. The summed E-state index contributed by atoms with van der Waals surface area (Å²) in [6.45, 7) is 0. The van der Waals surface area contributed by atoms with Crippen molar-refractivity contribution in [2.24, 2.45) is 7.05 Å². The minimum atomic E-state index is 0.850. The molecule has 0 bridgehead atoms. The summed E-state index contributed by atoms with van der Waals surface area (Å²) >= 11 is 3.35. The van der Waals surface area contributed by atoms with Gasteiger partial charge in [0.1, 0.15) is 4.60 Å². The Hall–Kier alpha value is -0.900. The fourth-order valence-electron chi connectivity index (χ4n) is 1.07. The van der Waals surface area contributed by atoms with Crippen LogP contribution in [0.4, 0.5) is 0 Å². The molecule has 0 amide bonds. The van der Waals surface area contributed by atoms with E-state index in [4.69, 9.17) is 0 Å². The fourth-order valence-corrected chi connectivity index (χ4v) is 1.61. The molecule has 4 heteroatoms. The molecule has 0 fully saturated rings. The van der Waals surface area contributed by atoms with Gasteiger partial charge in [-0.1, -0.05) is 0 Å². The van der Waals surface area contributed by atoms with Crippen LogP contribution in [0.25, 0.3) is 10.9 Å². The SMILES string of the molecule is Cn1nc(Br)c2cnccc21. The van der Waals surface area contributed by atoms with Crippen LogP contribution in [-0.2, 0) is 7.05 Å². The van der Waals surface area contributed by atoms with Crippen LogP contribution in [0.3, 0.4) is 0 Å². The molecule has 11 heavy (non-hydrogen) atoms. The summed E-state index contributed by atoms with van der Waals surface area (Å²) in [7, 11) is 1.91. The van der Waals surface area contributed by atoms with E-state index in [1.54, 1.807) is 12.4 Å². The molecular formula is C7H6BrN3. The number of hydrogen-bond donors (Lipinski definition) is 0. The molecule has 0 atom stereocenters. The maximum absolute atomic E-state index is 4.18. The number of aryl methyl sites for hydroxylation is 1. The van der Waals surface area contributed by atoms with Crippen molar-refractivity contribution in [3.63, 3.8) is 0 Å². The van der Waals surface area contributed by atoms with Crippen molar-refractivity contribution < 1.29 is 0 Å². The van der Waals surface area contributed by atoms with Crippen LogP contribution in [0.15, 0.2) is 23.1 Å². The molecule has 2 aromatic rings. The predicted molar refractivity (Wildman–Crippen MR) is 46.2 cm³/mol. The van der Waals surface area contributed by atoms with Gasteiger partial charge in [-0.05, 0) is 22.0 Å². The molecule has 2 aromatic heterocycles. The van der Waals surface area contributed by atoms with Crippen LogP contribution < -0.4 is 0 Å². The highest BCUT2D eigenvalue weighted by Crippen LogP contribution is 2.20. The Balaban J connectivity index is 2.95. The number of hydrogen-bond acceptors (Lipinski definition) is 2. The van der Waals surface area contributed by atoms with Crippen molar-refractivity contribution in [2.75, 3.05) is 0 Å². The zero-order valence-electron chi connectivity index (χ0n) is 5.95. The van der Waals surface area contributed by atoms with Gasteiger partial charge in [0.05, 0.1) is 10.9 Å². The predicted octanol–water partition coefficient (Wildman–Crippen LogP) is 1.73. The molecule has 2 rings (SSSR count). The number of pyridine rings is 1. The lowest BCUT2D eigenvalue weighted by Crippen LogP contribution is -1.88. The summed E-state index contributed by atoms with van der Waals surface area (Å²) in [6.07, 6.45) is 3.56. The highest BCUT2D eigenvalue weighted by molar-refractivity contribution is 9.10. The normalized spacial score (nSPS) is 10.7. The minimum Gasteiger partial charge on any atom is -0.267 e. The first-order valence-electron chi connectivity index (χ1n) is 3.21. The van der Waals surface area contributed by atoms with Crippen molar-refractivity contribution >= 4 is 26.8 Å². The average molecular weight is 212 g/mol. The van der Waals surface area contributed by atoms with Crippen LogP contribution >= 0.6 is 15.9 Å². The van der Waals surface area contributed by atoms with E-state index in [9.17, 15) is 0 Å². The Morgan fingerprint density at radius 2 is 2.36 bits per heavy atom. The number of fused-ring (bicyclic) bond motifs is 1. The Labute approximate surface area is 72.2 Å². The summed E-state index contributed by atoms with van der Waals surface area (Å²) in [5, 5.41) is 5.23. The average Bonchev–Trinajstić information content (AvgIpc) is 2.30. The fraction of sp³-hybridized carbons (Fsp3) is 0.143. The molecule has 0 saturated carbocycles. The molecule has 0 aliphatic carbocycles. The third-order valence-corrected chi connectivity index (χ3v) is 2.19. The minimum absolute atomic E-state index is 0.850. The van der Waals surface area contributed by atoms with Gasteiger partial charge in [0.25, 0.3) is 0 Å². The summed E-state index contributed by atoms with van der Waals surface area (Å²) in [4.78, 5) is 4.00. The first-order chi connectivity index (χ1) is 5.29. The van der Waals surface area contributed by atoms with E-state index < -0.39 is 0 Å². The van der Waals surface area contributed by atoms with E-state index in [1.165, 1.54) is 0 Å². The first-order valence-corrected chi connectivity index (χ1v) is 4.00. The van der Waals surface area contributed by atoms with Gasteiger partial charge in [0, 0.05) is 19.4 Å². The number of aromatic nitrogens is 3. The summed E-state index contributed by atoms with van der Waals surface area (Å²) in [6, 6.07) is 1.94. The zero-order valence-corrected chi connectivity index (χ0v) is 7.54. The number of halogens is 1. The molecular weight excluding hydrogens is 206 g/mol. The van der Waals surface area contributed by atoms with Crippen LogP contribution in [-0.4, -0.2) is 14.8 Å². The summed E-state index contributed by atoms with van der Waals surface area (Å²) < 4.78 is 2.67. The summed E-state index contributed by atoms with van der Waals surface area (Å²) in [5.41, 5.74) is 1.09. The third kappa shape index (κ3) is 0.939. The van der Waals surface area contributed by atoms with Gasteiger partial charge in [0.2, 0.25) is 0 Å². The maximum Gasteiger partial charge on any atom is 0.137 e. The van der Waals surface area contributed by atoms with Crippen LogP contribution in [0, 0.1) is 0 Å². The van der Waals surface area contributed by atoms with E-state index in [0.29, 0.717) is 0 Å². The molecule has 2 heterocycles. The second kappa shape index (κ2) is 2.30. The molecule has 0 aromatic carbocycles. The monoisotopic (exact) mass is 211 g/mol. The second-order valence-corrected chi connectivity index (χ2v) is 3.06. The number of nitrogens with zero attached hydrogens (tertiary/aromatic N) is 3. The Bertz CT molecular complexity index is 357. The standard InChI is InChI=1S/C7H6BrN3/c1-11-6-2-3-9-4-5(6)7(8)10-11/h2-4H,1H3. The van der Waals surface area contributed by atoms with Gasteiger partial charge in [-0.3, -0.25) is 9.67 Å². The van der Waals surface area contributed by atoms with Crippen molar-refractivity contribution in [2.45, 2.75) is 0 Å². The van der Waals surface area contributed by atoms with Gasteiger partial charge in [-0.15, -0.1) is 0 Å². The van der Waals surface area contributed by atoms with Crippen LogP contribution in [0.5, 0.6) is 0 Å². The first kappa shape index (κ1) is 6.79. The molecule has 0 N–H and O–H groups in total. The van der Waals surface area contributed by atoms with Crippen LogP contribution in [0.2, 0.25) is 0 Å². The zero-order chi connectivity index (χ0) is 7.84. The third-order valence-electron chi connectivity index (χ3n) is 1.61. The van der Waals surface area contributed by atoms with Gasteiger partial charge < -0.3 is 0 Å². The maximum atomic E-state index is 4.18. The topological polar surface area (TPSA) is 30.7 Å². The quantitative estimate of drug-likeness (QED) is 0.665. The highest BCUT2D eigenvalue weighted by Gasteiger charge is 2.03. The smallest absolute Gasteiger partial charge is 0.137 e. The molecule has 0 unspecified atom stereocenters. The van der Waals surface area contributed by atoms with E-state index in [0.717, 1.165) is 15.5 Å². The second-order valence-electron chi connectivity index (χ2n) is 2.31. The van der Waals surface area contributed by atoms with Crippen molar-refractivity contribution in [3.05, 3.63) is 23.1 Å². The lowest BCUT2D eigenvalue weighted by Gasteiger charge is -1.89. The summed E-state index contributed by atoms with van der Waals surface area (Å²) in [5.74, 6) is 0. The Morgan fingerprint density at radius 1 is 1.55 bits per heavy atom. The molecule has 0 radical (unpaired) electrons. The molecule has 0 aliphatic rings. The lowest BCUT2D eigenvalue weighted by atomic mass is 10.3. The van der Waals surface area contributed by atoms with Gasteiger partial charge in [-0.25, -0.2) is 0 Å². The van der Waals surface area contributed by atoms with Gasteiger partial charge >= 0.3 is 0 Å². The highest BCUT2D eigenvalue weighted by atomic mass is 79.9. The van der Waals surface area contributed by atoms with E-state index in [2.05, 4.69) is 26.0 Å². The van der Waals surface area contributed by atoms with Crippen molar-refractivity contribution in [3.8, 4) is 0 Å². The molecule has 0 aliphatic heterocycles. The Kier molecular flexibility index (Phi) is 1.42. The van der Waals surface area contributed by atoms with Crippen molar-refractivity contribution in [1.82, 2.24) is 14.8 Å².